The first-order chi connectivity index (χ1) is 14.8. The summed E-state index contributed by atoms with van der Waals surface area (Å²) < 4.78 is 18.0. The smallest absolute Gasteiger partial charge is 0.346 e. The Morgan fingerprint density at radius 1 is 1.32 bits per heavy atom. The third-order valence-electron chi connectivity index (χ3n) is 4.00. The Hall–Kier alpha value is -4.61. The van der Waals surface area contributed by atoms with E-state index < -0.39 is 33.8 Å². The van der Waals surface area contributed by atoms with Crippen LogP contribution in [-0.4, -0.2) is 39.2 Å². The van der Waals surface area contributed by atoms with Crippen LogP contribution in [0.1, 0.15) is 16.1 Å². The minimum Gasteiger partial charge on any atom is -0.500 e. The second kappa shape index (κ2) is 8.82. The molecule has 3 N–H and O–H groups in total. The van der Waals surface area contributed by atoms with Gasteiger partial charge in [-0.15, -0.1) is 0 Å². The fraction of sp³-hybridized carbons (Fsp3) is 0.0526. The molecule has 12 heteroatoms. The van der Waals surface area contributed by atoms with Crippen molar-refractivity contribution in [3.05, 3.63) is 80.1 Å². The number of methoxy groups -OCH3 is 1. The van der Waals surface area contributed by atoms with Crippen LogP contribution in [0.2, 0.25) is 0 Å². The summed E-state index contributed by atoms with van der Waals surface area (Å²) in [6.07, 6.45) is 1.09. The number of carbonyl (C=O) groups excluding carboxylic acids is 1. The molecule has 0 radical (unpaired) electrons. The van der Waals surface area contributed by atoms with E-state index in [1.165, 1.54) is 43.5 Å². The van der Waals surface area contributed by atoms with Crippen molar-refractivity contribution in [2.45, 2.75) is 0 Å². The van der Waals surface area contributed by atoms with E-state index in [4.69, 9.17) is 4.74 Å². The lowest BCUT2D eigenvalue weighted by atomic mass is 10.1. The molecule has 158 valence electrons. The number of nitrogens with zero attached hydrogens (tertiary/aromatic N) is 3. The molecule has 0 aliphatic heterocycles. The van der Waals surface area contributed by atoms with Crippen LogP contribution in [0.25, 0.3) is 11.3 Å². The highest BCUT2D eigenvalue weighted by Gasteiger charge is 2.19. The Bertz CT molecular complexity index is 1240. The molecule has 0 aliphatic carbocycles. The molecule has 3 rings (SSSR count). The molecule has 31 heavy (non-hydrogen) atoms. The predicted octanol–water partition coefficient (Wildman–Crippen LogP) is 1.96. The van der Waals surface area contributed by atoms with Crippen LogP contribution in [0.3, 0.4) is 0 Å². The lowest BCUT2D eigenvalue weighted by molar-refractivity contribution is -0.386. The zero-order valence-corrected chi connectivity index (χ0v) is 15.8. The van der Waals surface area contributed by atoms with E-state index in [1.54, 1.807) is 0 Å². The number of H-pyrrole nitrogens is 1. The van der Waals surface area contributed by atoms with Gasteiger partial charge in [-0.3, -0.25) is 14.9 Å². The van der Waals surface area contributed by atoms with E-state index >= 15 is 0 Å². The van der Waals surface area contributed by atoms with Gasteiger partial charge in [-0.05, 0) is 36.4 Å². The van der Waals surface area contributed by atoms with Crippen molar-refractivity contribution >= 4 is 17.8 Å². The van der Waals surface area contributed by atoms with Gasteiger partial charge >= 0.3 is 11.4 Å². The standard InChI is InChI=1S/C19H14FN5O6/c1-31-16-7-10(6-15(17(16)26)25(29)30)9-21-24-18(27)14-8-13(22-19(28)23-14)11-2-4-12(20)5-3-11/h2-9,26H,1H3,(H,24,27)(H,22,23,28)/b21-9+. The van der Waals surface area contributed by atoms with Gasteiger partial charge in [0.1, 0.15) is 11.5 Å². The summed E-state index contributed by atoms with van der Waals surface area (Å²) >= 11 is 0. The maximum absolute atomic E-state index is 13.1. The van der Waals surface area contributed by atoms with Crippen LogP contribution < -0.4 is 15.9 Å². The van der Waals surface area contributed by atoms with Gasteiger partial charge in [0.25, 0.3) is 5.91 Å². The van der Waals surface area contributed by atoms with Crippen molar-refractivity contribution < 1.29 is 24.0 Å². The molecule has 0 unspecified atom stereocenters. The number of phenolic OH excluding ortho intramolecular Hbond substituents is 1. The highest BCUT2D eigenvalue weighted by Crippen LogP contribution is 2.36. The molecule has 0 aliphatic rings. The minimum atomic E-state index is -0.799. The van der Waals surface area contributed by atoms with E-state index in [9.17, 15) is 29.2 Å². The lowest BCUT2D eigenvalue weighted by Crippen LogP contribution is -2.24. The molecule has 0 saturated heterocycles. The number of hydrogen-bond acceptors (Lipinski definition) is 8. The van der Waals surface area contributed by atoms with Gasteiger partial charge in [0.05, 0.1) is 23.9 Å². The number of hydrazone groups is 1. The van der Waals surface area contributed by atoms with Crippen LogP contribution in [0.5, 0.6) is 11.5 Å². The Morgan fingerprint density at radius 2 is 2.03 bits per heavy atom. The number of aromatic nitrogens is 2. The minimum absolute atomic E-state index is 0.149. The zero-order chi connectivity index (χ0) is 22.5. The number of rotatable bonds is 6. The van der Waals surface area contributed by atoms with Gasteiger partial charge in [-0.2, -0.15) is 10.1 Å². The van der Waals surface area contributed by atoms with Crippen molar-refractivity contribution in [2.75, 3.05) is 7.11 Å². The van der Waals surface area contributed by atoms with Crippen molar-refractivity contribution in [3.63, 3.8) is 0 Å². The Morgan fingerprint density at radius 3 is 2.68 bits per heavy atom. The number of phenols is 1. The van der Waals surface area contributed by atoms with Crippen molar-refractivity contribution in [2.24, 2.45) is 5.10 Å². The quantitative estimate of drug-likeness (QED) is 0.308. The number of amides is 1. The summed E-state index contributed by atoms with van der Waals surface area (Å²) in [6, 6.07) is 8.78. The molecule has 0 saturated carbocycles. The summed E-state index contributed by atoms with van der Waals surface area (Å²) in [5, 5.41) is 24.5. The predicted molar refractivity (Wildman–Crippen MR) is 107 cm³/mol. The third-order valence-corrected chi connectivity index (χ3v) is 4.00. The van der Waals surface area contributed by atoms with Crippen molar-refractivity contribution in [1.82, 2.24) is 15.4 Å². The number of nitro benzene ring substituents is 1. The summed E-state index contributed by atoms with van der Waals surface area (Å²) in [6.45, 7) is 0. The Labute approximate surface area is 173 Å². The molecule has 1 amide bonds. The van der Waals surface area contributed by atoms with Gasteiger partial charge in [0.15, 0.2) is 5.75 Å². The second-order valence-corrected chi connectivity index (χ2v) is 6.04. The van der Waals surface area contributed by atoms with Crippen LogP contribution in [0.15, 0.2) is 52.4 Å². The number of benzene rings is 2. The SMILES string of the molecule is COc1cc(/C=N/NC(=O)c2cc(-c3ccc(F)cc3)nc(=O)[nH]2)cc([N+](=O)[O-])c1O. The maximum Gasteiger partial charge on any atom is 0.346 e. The summed E-state index contributed by atoms with van der Waals surface area (Å²) in [7, 11) is 1.22. The van der Waals surface area contributed by atoms with Crippen LogP contribution in [-0.2, 0) is 0 Å². The fourth-order valence-corrected chi connectivity index (χ4v) is 2.56. The first kappa shape index (κ1) is 21.1. The Balaban J connectivity index is 1.82. The van der Waals surface area contributed by atoms with Gasteiger partial charge in [0, 0.05) is 17.2 Å². The van der Waals surface area contributed by atoms with Gasteiger partial charge in [-0.25, -0.2) is 14.6 Å². The Kier molecular flexibility index (Phi) is 6.00. The molecule has 3 aromatic rings. The third kappa shape index (κ3) is 4.87. The molecule has 11 nitrogen and oxygen atoms in total. The molecule has 0 fully saturated rings. The average molecular weight is 427 g/mol. The summed E-state index contributed by atoms with van der Waals surface area (Å²) in [5.41, 5.74) is 1.34. The number of carbonyl (C=O) groups is 1. The normalized spacial score (nSPS) is 10.8. The average Bonchev–Trinajstić information content (AvgIpc) is 2.74. The molecule has 0 bridgehead atoms. The van der Waals surface area contributed by atoms with Gasteiger partial charge < -0.3 is 14.8 Å². The van der Waals surface area contributed by atoms with Crippen LogP contribution in [0, 0.1) is 15.9 Å². The van der Waals surface area contributed by atoms with Crippen molar-refractivity contribution in [3.8, 4) is 22.8 Å². The number of hydrogen-bond donors (Lipinski definition) is 3. The number of aromatic amines is 1. The summed E-state index contributed by atoms with van der Waals surface area (Å²) in [5.74, 6) is -2.05. The fourth-order valence-electron chi connectivity index (χ4n) is 2.56. The van der Waals surface area contributed by atoms with E-state index in [-0.39, 0.29) is 22.7 Å². The highest BCUT2D eigenvalue weighted by atomic mass is 19.1. The highest BCUT2D eigenvalue weighted by molar-refractivity contribution is 5.94. The molecule has 1 aromatic heterocycles. The number of halogens is 1. The first-order valence-electron chi connectivity index (χ1n) is 8.54. The van der Waals surface area contributed by atoms with Gasteiger partial charge in [0.2, 0.25) is 5.75 Å². The van der Waals surface area contributed by atoms with Crippen LogP contribution in [0.4, 0.5) is 10.1 Å². The number of nitrogens with one attached hydrogen (secondary N) is 2. The first-order valence-corrected chi connectivity index (χ1v) is 8.54. The van der Waals surface area contributed by atoms with E-state index in [0.29, 0.717) is 5.56 Å². The molecule has 1 heterocycles. The van der Waals surface area contributed by atoms with E-state index in [0.717, 1.165) is 12.3 Å². The monoisotopic (exact) mass is 427 g/mol. The zero-order valence-electron chi connectivity index (χ0n) is 15.8. The van der Waals surface area contributed by atoms with E-state index in [1.807, 2.05) is 0 Å². The number of ether oxygens (including phenoxy) is 1. The largest absolute Gasteiger partial charge is 0.500 e. The number of nitro groups is 1. The van der Waals surface area contributed by atoms with Crippen LogP contribution >= 0.6 is 0 Å². The lowest BCUT2D eigenvalue weighted by Gasteiger charge is -2.05. The molecular formula is C19H14FN5O6. The molecule has 2 aromatic carbocycles. The van der Waals surface area contributed by atoms with Crippen molar-refractivity contribution in [1.29, 1.82) is 0 Å². The maximum atomic E-state index is 13.1. The number of aromatic hydroxyl groups is 1. The molecule has 0 spiro atoms. The topological polar surface area (TPSA) is 160 Å². The molecule has 0 atom stereocenters. The van der Waals surface area contributed by atoms with E-state index in [2.05, 4.69) is 20.5 Å². The summed E-state index contributed by atoms with van der Waals surface area (Å²) in [4.78, 5) is 40.3. The van der Waals surface area contributed by atoms with Gasteiger partial charge in [-0.1, -0.05) is 0 Å². The molecular weight excluding hydrogens is 413 g/mol. The second-order valence-electron chi connectivity index (χ2n) is 6.04.